The van der Waals surface area contributed by atoms with Crippen LogP contribution in [0, 0.1) is 10.1 Å². The van der Waals surface area contributed by atoms with Crippen LogP contribution in [0.5, 0.6) is 0 Å². The summed E-state index contributed by atoms with van der Waals surface area (Å²) in [7, 11) is -4.36. The number of sulfonamides is 1. The highest BCUT2D eigenvalue weighted by molar-refractivity contribution is 7.92. The minimum absolute atomic E-state index is 0.179. The van der Waals surface area contributed by atoms with Crippen molar-refractivity contribution in [1.82, 2.24) is 0 Å². The minimum Gasteiger partial charge on any atom is -0.393 e. The number of nitrogens with two attached hydrogens (primary N) is 1. The van der Waals surface area contributed by atoms with E-state index in [2.05, 4.69) is 0 Å². The van der Waals surface area contributed by atoms with Crippen molar-refractivity contribution in [2.45, 2.75) is 11.1 Å². The number of anilines is 2. The molecule has 0 fully saturated rings. The van der Waals surface area contributed by atoms with Gasteiger partial charge in [0.2, 0.25) is 0 Å². The van der Waals surface area contributed by atoms with E-state index in [4.69, 9.17) is 5.73 Å². The van der Waals surface area contributed by atoms with Gasteiger partial charge in [-0.2, -0.15) is 13.2 Å². The van der Waals surface area contributed by atoms with E-state index in [0.29, 0.717) is 6.07 Å². The Morgan fingerprint density at radius 2 is 1.79 bits per heavy atom. The van der Waals surface area contributed by atoms with Crippen molar-refractivity contribution in [2.24, 2.45) is 0 Å². The van der Waals surface area contributed by atoms with E-state index < -0.39 is 37.3 Å². The first-order chi connectivity index (χ1) is 11.0. The van der Waals surface area contributed by atoms with Gasteiger partial charge in [0.05, 0.1) is 21.1 Å². The lowest BCUT2D eigenvalue weighted by Gasteiger charge is -2.11. The molecule has 3 N–H and O–H groups in total. The molecule has 0 amide bonds. The smallest absolute Gasteiger partial charge is 0.393 e. The predicted octanol–water partition coefficient (Wildman–Crippen LogP) is 3.00. The molecular weight excluding hydrogens is 351 g/mol. The largest absolute Gasteiger partial charge is 0.416 e. The molecule has 2 aromatic rings. The summed E-state index contributed by atoms with van der Waals surface area (Å²) in [6.07, 6.45) is -4.70. The molecule has 11 heteroatoms. The van der Waals surface area contributed by atoms with Crippen LogP contribution in [-0.4, -0.2) is 13.3 Å². The van der Waals surface area contributed by atoms with Crippen LogP contribution in [0.25, 0.3) is 0 Å². The molecule has 7 nitrogen and oxygen atoms in total. The summed E-state index contributed by atoms with van der Waals surface area (Å²) < 4.78 is 64.3. The van der Waals surface area contributed by atoms with E-state index in [1.165, 1.54) is 0 Å². The van der Waals surface area contributed by atoms with Crippen molar-refractivity contribution >= 4 is 27.1 Å². The number of benzene rings is 2. The lowest BCUT2D eigenvalue weighted by Crippen LogP contribution is -2.15. The first-order valence-corrected chi connectivity index (χ1v) is 7.73. The molecule has 2 aromatic carbocycles. The maximum atomic E-state index is 12.7. The minimum atomic E-state index is -4.70. The van der Waals surface area contributed by atoms with Crippen LogP contribution in [0.4, 0.5) is 30.2 Å². The molecule has 0 saturated heterocycles. The van der Waals surface area contributed by atoms with Crippen molar-refractivity contribution in [1.29, 1.82) is 0 Å². The van der Waals surface area contributed by atoms with E-state index in [1.807, 2.05) is 4.72 Å². The Bertz CT molecular complexity index is 898. The summed E-state index contributed by atoms with van der Waals surface area (Å²) in [5, 5.41) is 10.8. The van der Waals surface area contributed by atoms with Gasteiger partial charge in [-0.15, -0.1) is 0 Å². The van der Waals surface area contributed by atoms with Gasteiger partial charge in [-0.05, 0) is 30.3 Å². The van der Waals surface area contributed by atoms with Gasteiger partial charge in [0.1, 0.15) is 5.69 Å². The van der Waals surface area contributed by atoms with Gasteiger partial charge in [-0.1, -0.05) is 6.07 Å². The number of halogens is 3. The van der Waals surface area contributed by atoms with Gasteiger partial charge in [0, 0.05) is 6.07 Å². The number of rotatable bonds is 4. The molecule has 2 rings (SSSR count). The lowest BCUT2D eigenvalue weighted by atomic mass is 10.2. The van der Waals surface area contributed by atoms with E-state index in [-0.39, 0.29) is 11.4 Å². The summed E-state index contributed by atoms with van der Waals surface area (Å²) in [6.45, 7) is 0. The fourth-order valence-corrected chi connectivity index (χ4v) is 2.91. The highest BCUT2D eigenvalue weighted by Crippen LogP contribution is 2.31. The Balaban J connectivity index is 2.39. The van der Waals surface area contributed by atoms with Crippen LogP contribution in [0.1, 0.15) is 5.56 Å². The van der Waals surface area contributed by atoms with Crippen molar-refractivity contribution < 1.29 is 26.5 Å². The molecular formula is C13H10F3N3O4S. The Labute approximate surface area is 134 Å². The normalized spacial score (nSPS) is 12.0. The Hall–Kier alpha value is -2.82. The third kappa shape index (κ3) is 3.74. The first kappa shape index (κ1) is 17.5. The maximum Gasteiger partial charge on any atom is 0.416 e. The third-order valence-corrected chi connectivity index (χ3v) is 4.33. The van der Waals surface area contributed by atoms with Gasteiger partial charge in [-0.25, -0.2) is 8.42 Å². The number of nitrogens with one attached hydrogen (secondary N) is 1. The highest BCUT2D eigenvalue weighted by atomic mass is 32.2. The number of hydrogen-bond acceptors (Lipinski definition) is 5. The molecule has 24 heavy (non-hydrogen) atoms. The van der Waals surface area contributed by atoms with Gasteiger partial charge in [0.15, 0.2) is 0 Å². The number of hydrogen-bond donors (Lipinski definition) is 2. The summed E-state index contributed by atoms with van der Waals surface area (Å²) in [4.78, 5) is 9.35. The molecule has 0 aromatic heterocycles. The number of nitrogens with zero attached hydrogens (tertiary/aromatic N) is 1. The quantitative estimate of drug-likeness (QED) is 0.493. The van der Waals surface area contributed by atoms with E-state index in [9.17, 15) is 31.7 Å². The number of nitrogen functional groups attached to an aromatic ring is 1. The lowest BCUT2D eigenvalue weighted by molar-refractivity contribution is -0.383. The second-order valence-corrected chi connectivity index (χ2v) is 6.34. The zero-order valence-corrected chi connectivity index (χ0v) is 12.6. The van der Waals surface area contributed by atoms with E-state index in [0.717, 1.165) is 36.4 Å². The average molecular weight is 361 g/mol. The summed E-state index contributed by atoms with van der Waals surface area (Å²) in [5.74, 6) is 0. The molecule has 0 spiro atoms. The van der Waals surface area contributed by atoms with E-state index in [1.54, 1.807) is 0 Å². The Kier molecular flexibility index (Phi) is 4.38. The zero-order chi connectivity index (χ0) is 18.1. The van der Waals surface area contributed by atoms with Crippen LogP contribution in [0.2, 0.25) is 0 Å². The van der Waals surface area contributed by atoms with E-state index >= 15 is 0 Å². The molecule has 0 aliphatic rings. The first-order valence-electron chi connectivity index (χ1n) is 6.25. The zero-order valence-electron chi connectivity index (χ0n) is 11.7. The van der Waals surface area contributed by atoms with Gasteiger partial charge in [0.25, 0.3) is 15.7 Å². The van der Waals surface area contributed by atoms with Gasteiger partial charge >= 0.3 is 6.18 Å². The number of nitro benzene ring substituents is 1. The third-order valence-electron chi connectivity index (χ3n) is 2.95. The van der Waals surface area contributed by atoms with Crippen LogP contribution < -0.4 is 10.5 Å². The standard InChI is InChI=1S/C13H10F3N3O4S/c14-13(15,16)8-2-1-3-10(6-8)24(22,23)18-9-4-5-11(17)12(7-9)19(20)21/h1-7,18H,17H2. The maximum absolute atomic E-state index is 12.7. The molecule has 0 bridgehead atoms. The monoisotopic (exact) mass is 361 g/mol. The average Bonchev–Trinajstić information content (AvgIpc) is 2.48. The van der Waals surface area contributed by atoms with Crippen molar-refractivity contribution in [3.8, 4) is 0 Å². The topological polar surface area (TPSA) is 115 Å². The molecule has 0 heterocycles. The Morgan fingerprint density at radius 1 is 1.12 bits per heavy atom. The van der Waals surface area contributed by atoms with Crippen LogP contribution in [-0.2, 0) is 16.2 Å². The molecule has 0 aliphatic carbocycles. The van der Waals surface area contributed by atoms with Gasteiger partial charge < -0.3 is 5.73 Å². The highest BCUT2D eigenvalue weighted by Gasteiger charge is 2.31. The van der Waals surface area contributed by atoms with Crippen LogP contribution >= 0.6 is 0 Å². The second-order valence-electron chi connectivity index (χ2n) is 4.66. The fourth-order valence-electron chi connectivity index (χ4n) is 1.82. The van der Waals surface area contributed by atoms with Gasteiger partial charge in [-0.3, -0.25) is 14.8 Å². The molecule has 0 aliphatic heterocycles. The molecule has 0 radical (unpaired) electrons. The Morgan fingerprint density at radius 3 is 2.38 bits per heavy atom. The summed E-state index contributed by atoms with van der Waals surface area (Å²) in [5.41, 5.74) is 3.35. The molecule has 0 unspecified atom stereocenters. The fraction of sp³-hybridized carbons (Fsp3) is 0.0769. The molecule has 0 saturated carbocycles. The number of alkyl halides is 3. The van der Waals surface area contributed by atoms with Crippen LogP contribution in [0.15, 0.2) is 47.4 Å². The van der Waals surface area contributed by atoms with Crippen molar-refractivity contribution in [2.75, 3.05) is 10.5 Å². The van der Waals surface area contributed by atoms with Crippen LogP contribution in [0.3, 0.4) is 0 Å². The SMILES string of the molecule is Nc1ccc(NS(=O)(=O)c2cccc(C(F)(F)F)c2)cc1[N+](=O)[O-]. The molecule has 0 atom stereocenters. The molecule has 128 valence electrons. The van der Waals surface area contributed by atoms with Crippen molar-refractivity contribution in [3.05, 3.63) is 58.1 Å². The predicted molar refractivity (Wildman–Crippen MR) is 79.8 cm³/mol. The second kappa shape index (κ2) is 6.00. The summed E-state index contributed by atoms with van der Waals surface area (Å²) >= 11 is 0. The number of nitro groups is 1. The summed E-state index contributed by atoms with van der Waals surface area (Å²) in [6, 6.07) is 6.27. The van der Waals surface area contributed by atoms with Crippen molar-refractivity contribution in [3.63, 3.8) is 0 Å².